The Labute approximate surface area is 188 Å². The molecule has 1 saturated heterocycles. The summed E-state index contributed by atoms with van der Waals surface area (Å²) >= 11 is 0. The third-order valence-corrected chi connectivity index (χ3v) is 6.59. The van der Waals surface area contributed by atoms with Gasteiger partial charge in [0, 0.05) is 23.4 Å². The second-order valence-corrected chi connectivity index (χ2v) is 8.75. The number of pyridine rings is 1. The van der Waals surface area contributed by atoms with Gasteiger partial charge in [-0.1, -0.05) is 60.2 Å². The maximum absolute atomic E-state index is 5.24. The minimum atomic E-state index is 0.399. The van der Waals surface area contributed by atoms with Crippen LogP contribution < -0.4 is 5.32 Å². The van der Waals surface area contributed by atoms with Gasteiger partial charge in [-0.15, -0.1) is 0 Å². The monoisotopic (exact) mass is 418 g/mol. The Morgan fingerprint density at radius 1 is 0.844 bits per heavy atom. The maximum atomic E-state index is 5.24. The second-order valence-electron chi connectivity index (χ2n) is 8.75. The van der Waals surface area contributed by atoms with Crippen molar-refractivity contribution in [2.75, 3.05) is 13.1 Å². The zero-order valence-corrected chi connectivity index (χ0v) is 18.3. The molecule has 0 bridgehead atoms. The van der Waals surface area contributed by atoms with Crippen LogP contribution in [-0.4, -0.2) is 27.6 Å². The molecule has 3 heterocycles. The van der Waals surface area contributed by atoms with E-state index >= 15 is 0 Å². The van der Waals surface area contributed by atoms with Crippen LogP contribution in [0.5, 0.6) is 0 Å². The molecule has 0 atom stereocenters. The highest BCUT2D eigenvalue weighted by atomic mass is 15.2. The van der Waals surface area contributed by atoms with Crippen LogP contribution in [0.15, 0.2) is 79.0 Å². The lowest BCUT2D eigenvalue weighted by molar-refractivity contribution is 0.376. The molecular weight excluding hydrogens is 392 g/mol. The van der Waals surface area contributed by atoms with E-state index in [4.69, 9.17) is 9.97 Å². The molecule has 4 heteroatoms. The van der Waals surface area contributed by atoms with Gasteiger partial charge in [-0.3, -0.25) is 0 Å². The van der Waals surface area contributed by atoms with Gasteiger partial charge in [-0.25, -0.2) is 9.97 Å². The van der Waals surface area contributed by atoms with Gasteiger partial charge in [0.2, 0.25) is 0 Å². The number of aryl methyl sites for hydroxylation is 1. The van der Waals surface area contributed by atoms with E-state index in [-0.39, 0.29) is 0 Å². The molecule has 4 nitrogen and oxygen atoms in total. The summed E-state index contributed by atoms with van der Waals surface area (Å²) in [4.78, 5) is 10.1. The smallest absolute Gasteiger partial charge is 0.161 e. The van der Waals surface area contributed by atoms with Crippen molar-refractivity contribution in [2.45, 2.75) is 25.8 Å². The first kappa shape index (κ1) is 19.2. The highest BCUT2D eigenvalue weighted by Gasteiger charge is 2.24. The van der Waals surface area contributed by atoms with Crippen molar-refractivity contribution in [3.8, 4) is 22.5 Å². The van der Waals surface area contributed by atoms with E-state index in [2.05, 4.69) is 89.6 Å². The number of piperidine rings is 1. The lowest BCUT2D eigenvalue weighted by Crippen LogP contribution is -2.29. The molecule has 1 aliphatic heterocycles. The van der Waals surface area contributed by atoms with Crippen molar-refractivity contribution in [3.05, 3.63) is 84.6 Å². The minimum Gasteiger partial charge on any atom is -0.317 e. The fourth-order valence-electron chi connectivity index (χ4n) is 4.98. The molecule has 0 radical (unpaired) electrons. The minimum absolute atomic E-state index is 0.399. The standard InChI is InChI=1S/C28H26N4/c1-19-5-4-8-23(17-19)27-31-26-25(22-10-9-20-6-2-3-7-21(20)18-22)13-16-30-28(26)32(27)24-11-14-29-15-12-24/h2-10,13,16-18,24,29H,11-12,14-15H2,1H3. The van der Waals surface area contributed by atoms with Gasteiger partial charge in [-0.2, -0.15) is 0 Å². The molecular formula is C28H26N4. The Bertz CT molecular complexity index is 1430. The zero-order valence-electron chi connectivity index (χ0n) is 18.3. The van der Waals surface area contributed by atoms with Crippen LogP contribution in [0.3, 0.4) is 0 Å². The molecule has 0 saturated carbocycles. The number of hydrogen-bond acceptors (Lipinski definition) is 3. The molecule has 6 rings (SSSR count). The Hall–Kier alpha value is -3.50. The summed E-state index contributed by atoms with van der Waals surface area (Å²) in [6, 6.07) is 26.3. The van der Waals surface area contributed by atoms with Crippen LogP contribution >= 0.6 is 0 Å². The Morgan fingerprint density at radius 2 is 1.69 bits per heavy atom. The molecule has 0 amide bonds. The SMILES string of the molecule is Cc1cccc(-c2nc3c(-c4ccc5ccccc5c4)ccnc3n2C2CCNCC2)c1. The van der Waals surface area contributed by atoms with Gasteiger partial charge in [-0.05, 0) is 67.4 Å². The number of fused-ring (bicyclic) bond motifs is 2. The summed E-state index contributed by atoms with van der Waals surface area (Å²) < 4.78 is 2.40. The molecule has 1 fully saturated rings. The fraction of sp³-hybridized carbons (Fsp3) is 0.214. The molecule has 0 aliphatic carbocycles. The second kappa shape index (κ2) is 7.88. The molecule has 1 aliphatic rings. The van der Waals surface area contributed by atoms with E-state index in [0.29, 0.717) is 6.04 Å². The van der Waals surface area contributed by atoms with Crippen molar-refractivity contribution >= 4 is 21.9 Å². The van der Waals surface area contributed by atoms with Gasteiger partial charge in [0.05, 0.1) is 0 Å². The van der Waals surface area contributed by atoms with Gasteiger partial charge in [0.15, 0.2) is 5.65 Å². The third kappa shape index (κ3) is 3.28. The predicted octanol–water partition coefficient (Wildman–Crippen LogP) is 6.15. The highest BCUT2D eigenvalue weighted by Crippen LogP contribution is 2.36. The zero-order chi connectivity index (χ0) is 21.5. The van der Waals surface area contributed by atoms with E-state index in [1.807, 2.05) is 6.20 Å². The van der Waals surface area contributed by atoms with Crippen LogP contribution in [0.1, 0.15) is 24.4 Å². The summed E-state index contributed by atoms with van der Waals surface area (Å²) in [5.41, 5.74) is 6.70. The van der Waals surface area contributed by atoms with Crippen molar-refractivity contribution < 1.29 is 0 Å². The van der Waals surface area contributed by atoms with Crippen molar-refractivity contribution in [3.63, 3.8) is 0 Å². The van der Waals surface area contributed by atoms with Gasteiger partial charge in [0.25, 0.3) is 0 Å². The predicted molar refractivity (Wildman–Crippen MR) is 132 cm³/mol. The van der Waals surface area contributed by atoms with Crippen molar-refractivity contribution in [2.24, 2.45) is 0 Å². The van der Waals surface area contributed by atoms with Gasteiger partial charge >= 0.3 is 0 Å². The van der Waals surface area contributed by atoms with E-state index in [1.165, 1.54) is 21.9 Å². The third-order valence-electron chi connectivity index (χ3n) is 6.59. The summed E-state index contributed by atoms with van der Waals surface area (Å²) in [7, 11) is 0. The van der Waals surface area contributed by atoms with Crippen LogP contribution in [0.4, 0.5) is 0 Å². The van der Waals surface area contributed by atoms with E-state index in [1.54, 1.807) is 0 Å². The van der Waals surface area contributed by atoms with E-state index in [9.17, 15) is 0 Å². The lowest BCUT2D eigenvalue weighted by Gasteiger charge is -2.26. The Morgan fingerprint density at radius 3 is 2.53 bits per heavy atom. The average Bonchev–Trinajstić information content (AvgIpc) is 3.24. The summed E-state index contributed by atoms with van der Waals surface area (Å²) in [6.07, 6.45) is 4.12. The van der Waals surface area contributed by atoms with Crippen LogP contribution in [0.25, 0.3) is 44.5 Å². The van der Waals surface area contributed by atoms with Crippen LogP contribution in [-0.2, 0) is 0 Å². The molecule has 158 valence electrons. The average molecular weight is 419 g/mol. The van der Waals surface area contributed by atoms with Gasteiger partial charge in [0.1, 0.15) is 11.3 Å². The Kier molecular flexibility index (Phi) is 4.73. The summed E-state index contributed by atoms with van der Waals surface area (Å²) in [5, 5.41) is 5.99. The number of hydrogen-bond donors (Lipinski definition) is 1. The highest BCUT2D eigenvalue weighted by molar-refractivity contribution is 5.95. The quantitative estimate of drug-likeness (QED) is 0.382. The lowest BCUT2D eigenvalue weighted by atomic mass is 10.0. The fourth-order valence-corrected chi connectivity index (χ4v) is 4.98. The number of aromatic nitrogens is 3. The van der Waals surface area contributed by atoms with Crippen LogP contribution in [0.2, 0.25) is 0 Å². The van der Waals surface area contributed by atoms with Crippen molar-refractivity contribution in [1.29, 1.82) is 0 Å². The Balaban J connectivity index is 1.60. The number of benzene rings is 3. The summed E-state index contributed by atoms with van der Waals surface area (Å²) in [6.45, 7) is 4.20. The molecule has 3 aromatic carbocycles. The molecule has 0 spiro atoms. The van der Waals surface area contributed by atoms with Crippen molar-refractivity contribution in [1.82, 2.24) is 19.9 Å². The van der Waals surface area contributed by atoms with E-state index in [0.717, 1.165) is 54.0 Å². The largest absolute Gasteiger partial charge is 0.317 e. The molecule has 2 aromatic heterocycles. The summed E-state index contributed by atoms with van der Waals surface area (Å²) in [5.74, 6) is 1.02. The van der Waals surface area contributed by atoms with E-state index < -0.39 is 0 Å². The normalized spacial score (nSPS) is 14.9. The molecule has 5 aromatic rings. The molecule has 0 unspecified atom stereocenters. The first-order valence-corrected chi connectivity index (χ1v) is 11.4. The maximum Gasteiger partial charge on any atom is 0.161 e. The first-order chi connectivity index (χ1) is 15.8. The number of nitrogens with zero attached hydrogens (tertiary/aromatic N) is 3. The molecule has 32 heavy (non-hydrogen) atoms. The van der Waals surface area contributed by atoms with Crippen LogP contribution in [0, 0.1) is 6.92 Å². The first-order valence-electron chi connectivity index (χ1n) is 11.4. The number of nitrogens with one attached hydrogen (secondary N) is 1. The topological polar surface area (TPSA) is 42.7 Å². The number of rotatable bonds is 3. The molecule has 1 N–H and O–H groups in total. The number of imidazole rings is 1. The van der Waals surface area contributed by atoms with Gasteiger partial charge < -0.3 is 9.88 Å².